The van der Waals surface area contributed by atoms with E-state index in [-0.39, 0.29) is 0 Å². The summed E-state index contributed by atoms with van der Waals surface area (Å²) in [6.45, 7) is 4.51. The van der Waals surface area contributed by atoms with E-state index in [1.165, 1.54) is 78.8 Å². The van der Waals surface area contributed by atoms with Crippen LogP contribution in [0.4, 0.5) is 0 Å². The quantitative estimate of drug-likeness (QED) is 0.300. The summed E-state index contributed by atoms with van der Waals surface area (Å²) in [6, 6.07) is 23.5. The van der Waals surface area contributed by atoms with E-state index in [4.69, 9.17) is 0 Å². The minimum atomic E-state index is 0.762. The van der Waals surface area contributed by atoms with Crippen LogP contribution in [-0.2, 0) is 19.3 Å². The van der Waals surface area contributed by atoms with Crippen LogP contribution >= 0.6 is 0 Å². The molecule has 0 aromatic heterocycles. The Bertz CT molecular complexity index is 1000. The summed E-state index contributed by atoms with van der Waals surface area (Å²) in [5.74, 6) is 1.58. The van der Waals surface area contributed by atoms with E-state index in [1.54, 1.807) is 5.56 Å². The zero-order valence-electron chi connectivity index (χ0n) is 20.2. The molecule has 0 aliphatic heterocycles. The van der Waals surface area contributed by atoms with Crippen molar-refractivity contribution in [2.24, 2.45) is 5.92 Å². The molecule has 0 radical (unpaired) electrons. The Balaban J connectivity index is 1.30. The summed E-state index contributed by atoms with van der Waals surface area (Å²) < 4.78 is 0. The minimum absolute atomic E-state index is 0.762. The molecular formula is C32H40. The van der Waals surface area contributed by atoms with Crippen LogP contribution < -0.4 is 0 Å². The molecule has 1 fully saturated rings. The van der Waals surface area contributed by atoms with Gasteiger partial charge < -0.3 is 0 Å². The Morgan fingerprint density at radius 1 is 0.656 bits per heavy atom. The van der Waals surface area contributed by atoms with E-state index in [1.807, 2.05) is 0 Å². The van der Waals surface area contributed by atoms with Gasteiger partial charge in [0.2, 0.25) is 0 Å². The molecule has 0 nitrogen and oxygen atoms in total. The number of hydrogen-bond acceptors (Lipinski definition) is 0. The van der Waals surface area contributed by atoms with Gasteiger partial charge in [-0.15, -0.1) is 0 Å². The Morgan fingerprint density at radius 2 is 1.25 bits per heavy atom. The maximum absolute atomic E-state index is 2.49. The zero-order chi connectivity index (χ0) is 22.2. The van der Waals surface area contributed by atoms with Gasteiger partial charge in [-0.25, -0.2) is 0 Å². The van der Waals surface area contributed by atoms with Gasteiger partial charge >= 0.3 is 0 Å². The molecule has 3 aromatic rings. The topological polar surface area (TPSA) is 0 Å². The lowest BCUT2D eigenvalue weighted by Crippen LogP contribution is -2.11. The number of benzene rings is 3. The van der Waals surface area contributed by atoms with Crippen molar-refractivity contribution in [3.8, 4) is 0 Å². The molecule has 32 heavy (non-hydrogen) atoms. The molecule has 0 saturated heterocycles. The molecule has 1 saturated carbocycles. The van der Waals surface area contributed by atoms with Gasteiger partial charge in [-0.2, -0.15) is 0 Å². The number of unbranched alkanes of at least 4 members (excludes halogenated alkanes) is 1. The third-order valence-corrected chi connectivity index (χ3v) is 7.30. The summed E-state index contributed by atoms with van der Waals surface area (Å²) in [6.07, 6.45) is 17.4. The Hall–Kier alpha value is -2.34. The summed E-state index contributed by atoms with van der Waals surface area (Å²) in [4.78, 5) is 0. The van der Waals surface area contributed by atoms with Crippen LogP contribution in [0.3, 0.4) is 0 Å². The van der Waals surface area contributed by atoms with Gasteiger partial charge in [0.25, 0.3) is 0 Å². The molecule has 1 aliphatic rings. The molecule has 0 spiro atoms. The van der Waals surface area contributed by atoms with Crippen molar-refractivity contribution in [2.45, 2.75) is 84.0 Å². The van der Waals surface area contributed by atoms with Crippen molar-refractivity contribution in [3.05, 3.63) is 95.1 Å². The third kappa shape index (κ3) is 6.12. The summed E-state index contributed by atoms with van der Waals surface area (Å²) in [7, 11) is 0. The zero-order valence-corrected chi connectivity index (χ0v) is 20.2. The van der Waals surface area contributed by atoms with Crippen molar-refractivity contribution >= 4 is 10.8 Å². The maximum Gasteiger partial charge on any atom is -0.0162 e. The van der Waals surface area contributed by atoms with Gasteiger partial charge in [-0.1, -0.05) is 99.5 Å². The lowest BCUT2D eigenvalue weighted by Gasteiger charge is -2.27. The fourth-order valence-corrected chi connectivity index (χ4v) is 5.29. The third-order valence-electron chi connectivity index (χ3n) is 7.30. The molecule has 0 heterocycles. The van der Waals surface area contributed by atoms with E-state index >= 15 is 0 Å². The van der Waals surface area contributed by atoms with Crippen molar-refractivity contribution in [1.82, 2.24) is 0 Å². The Morgan fingerprint density at radius 3 is 1.88 bits per heavy atom. The molecular weight excluding hydrogens is 384 g/mol. The molecule has 1 aliphatic carbocycles. The SMILES string of the molecule is CCC/C=C/C1CCC(c2ccc(CCc3ccc4cc(CCC)ccc4c3)cc2)CC1. The predicted octanol–water partition coefficient (Wildman–Crippen LogP) is 9.21. The smallest absolute Gasteiger partial charge is 0.0162 e. The monoisotopic (exact) mass is 424 g/mol. The van der Waals surface area contributed by atoms with Gasteiger partial charge in [0.15, 0.2) is 0 Å². The highest BCUT2D eigenvalue weighted by molar-refractivity contribution is 5.83. The van der Waals surface area contributed by atoms with Crippen LogP contribution in [0.15, 0.2) is 72.8 Å². The molecule has 168 valence electrons. The van der Waals surface area contributed by atoms with Crippen LogP contribution in [0.25, 0.3) is 10.8 Å². The van der Waals surface area contributed by atoms with Gasteiger partial charge in [0, 0.05) is 0 Å². The summed E-state index contributed by atoms with van der Waals surface area (Å²) in [5.41, 5.74) is 5.91. The molecule has 0 amide bonds. The first-order valence-electron chi connectivity index (χ1n) is 13.0. The number of aryl methyl sites for hydroxylation is 3. The molecule has 3 aromatic carbocycles. The van der Waals surface area contributed by atoms with Gasteiger partial charge in [-0.05, 0) is 96.2 Å². The van der Waals surface area contributed by atoms with Gasteiger partial charge in [-0.3, -0.25) is 0 Å². The highest BCUT2D eigenvalue weighted by Gasteiger charge is 2.20. The predicted molar refractivity (Wildman–Crippen MR) is 141 cm³/mol. The highest BCUT2D eigenvalue weighted by Crippen LogP contribution is 2.36. The first-order valence-corrected chi connectivity index (χ1v) is 13.0. The van der Waals surface area contributed by atoms with Crippen molar-refractivity contribution < 1.29 is 0 Å². The minimum Gasteiger partial charge on any atom is -0.0883 e. The number of fused-ring (bicyclic) bond motifs is 1. The molecule has 0 N–H and O–H groups in total. The van der Waals surface area contributed by atoms with Crippen LogP contribution in [-0.4, -0.2) is 0 Å². The second-order valence-electron chi connectivity index (χ2n) is 9.84. The standard InChI is InChI=1S/C32H40/c1-3-5-6-8-25-11-17-29(18-12-25)30-19-13-26(14-20-30)9-10-28-16-22-31-23-27(7-4-2)15-21-32(31)24-28/h6,8,13-16,19-25,29H,3-5,7,9-12,17-18H2,1-2H3/b8-6+. The number of allylic oxidation sites excluding steroid dienone is 2. The van der Waals surface area contributed by atoms with E-state index in [9.17, 15) is 0 Å². The number of hydrogen-bond donors (Lipinski definition) is 0. The van der Waals surface area contributed by atoms with Crippen molar-refractivity contribution in [2.75, 3.05) is 0 Å². The number of rotatable bonds is 9. The lowest BCUT2D eigenvalue weighted by atomic mass is 9.78. The fraction of sp³-hybridized carbons (Fsp3) is 0.438. The first-order chi connectivity index (χ1) is 15.7. The molecule has 0 heteroatoms. The van der Waals surface area contributed by atoms with Crippen LogP contribution in [0.1, 0.15) is 87.0 Å². The summed E-state index contributed by atoms with van der Waals surface area (Å²) >= 11 is 0. The van der Waals surface area contributed by atoms with E-state index < -0.39 is 0 Å². The van der Waals surface area contributed by atoms with Crippen LogP contribution in [0.5, 0.6) is 0 Å². The van der Waals surface area contributed by atoms with Gasteiger partial charge in [0.05, 0.1) is 0 Å². The van der Waals surface area contributed by atoms with Crippen LogP contribution in [0.2, 0.25) is 0 Å². The molecule has 0 bridgehead atoms. The van der Waals surface area contributed by atoms with Gasteiger partial charge in [0.1, 0.15) is 0 Å². The second-order valence-corrected chi connectivity index (χ2v) is 9.84. The Kier molecular flexibility index (Phi) is 8.21. The summed E-state index contributed by atoms with van der Waals surface area (Å²) in [5, 5.41) is 2.75. The highest BCUT2D eigenvalue weighted by atomic mass is 14.3. The second kappa shape index (κ2) is 11.5. The van der Waals surface area contributed by atoms with Crippen molar-refractivity contribution in [3.63, 3.8) is 0 Å². The van der Waals surface area contributed by atoms with E-state index in [0.717, 1.165) is 24.7 Å². The van der Waals surface area contributed by atoms with Crippen LogP contribution in [0, 0.1) is 5.92 Å². The fourth-order valence-electron chi connectivity index (χ4n) is 5.29. The molecule has 4 rings (SSSR count). The average molecular weight is 425 g/mol. The Labute approximate surface area is 195 Å². The maximum atomic E-state index is 2.49. The lowest BCUT2D eigenvalue weighted by molar-refractivity contribution is 0.375. The van der Waals surface area contributed by atoms with E-state index in [2.05, 4.69) is 86.7 Å². The largest absolute Gasteiger partial charge is 0.0883 e. The normalized spacial score (nSPS) is 19.1. The molecule has 0 unspecified atom stereocenters. The van der Waals surface area contributed by atoms with E-state index in [0.29, 0.717) is 0 Å². The van der Waals surface area contributed by atoms with Crippen molar-refractivity contribution in [1.29, 1.82) is 0 Å². The molecule has 0 atom stereocenters. The first kappa shape index (κ1) is 22.8. The average Bonchev–Trinajstić information content (AvgIpc) is 2.84.